The third-order valence-corrected chi connectivity index (χ3v) is 2.84. The van der Waals surface area contributed by atoms with Gasteiger partial charge >= 0.3 is 0 Å². The summed E-state index contributed by atoms with van der Waals surface area (Å²) in [6.45, 7) is 2.03. The van der Waals surface area contributed by atoms with Gasteiger partial charge in [-0.2, -0.15) is 0 Å². The number of rotatable bonds is 6. The van der Waals surface area contributed by atoms with Crippen molar-refractivity contribution >= 4 is 5.91 Å². The van der Waals surface area contributed by atoms with Crippen LogP contribution in [0.4, 0.5) is 0 Å². The van der Waals surface area contributed by atoms with Gasteiger partial charge in [0, 0.05) is 23.6 Å². The SMILES string of the molecule is [N-]=[N+]=NCCCCNC(=O)c1ccc2c(c1)OCCO2. The molecule has 0 atom stereocenters. The van der Waals surface area contributed by atoms with Crippen molar-refractivity contribution in [2.24, 2.45) is 5.11 Å². The van der Waals surface area contributed by atoms with Crippen molar-refractivity contribution in [2.45, 2.75) is 12.8 Å². The number of nitrogens with zero attached hydrogens (tertiary/aromatic N) is 3. The van der Waals surface area contributed by atoms with Gasteiger partial charge in [0.05, 0.1) is 0 Å². The van der Waals surface area contributed by atoms with Crippen LogP contribution in [0.25, 0.3) is 10.4 Å². The molecular formula is C13H16N4O3. The summed E-state index contributed by atoms with van der Waals surface area (Å²) in [5.41, 5.74) is 8.67. The highest BCUT2D eigenvalue weighted by Crippen LogP contribution is 2.30. The van der Waals surface area contributed by atoms with Crippen molar-refractivity contribution in [3.63, 3.8) is 0 Å². The van der Waals surface area contributed by atoms with E-state index in [9.17, 15) is 4.79 Å². The van der Waals surface area contributed by atoms with Gasteiger partial charge in [-0.3, -0.25) is 4.79 Å². The minimum absolute atomic E-state index is 0.147. The molecule has 1 amide bonds. The van der Waals surface area contributed by atoms with Crippen LogP contribution in [-0.4, -0.2) is 32.2 Å². The Labute approximate surface area is 116 Å². The molecule has 0 saturated carbocycles. The molecule has 2 rings (SSSR count). The highest BCUT2D eigenvalue weighted by molar-refractivity contribution is 5.94. The van der Waals surface area contributed by atoms with Crippen LogP contribution in [-0.2, 0) is 0 Å². The summed E-state index contributed by atoms with van der Waals surface area (Å²) in [7, 11) is 0. The van der Waals surface area contributed by atoms with Crippen LogP contribution in [0.1, 0.15) is 23.2 Å². The highest BCUT2D eigenvalue weighted by Gasteiger charge is 2.14. The van der Waals surface area contributed by atoms with Crippen LogP contribution in [0.3, 0.4) is 0 Å². The van der Waals surface area contributed by atoms with Crippen molar-refractivity contribution in [3.8, 4) is 11.5 Å². The molecule has 0 fully saturated rings. The molecule has 1 heterocycles. The van der Waals surface area contributed by atoms with Gasteiger partial charge in [-0.05, 0) is 36.6 Å². The van der Waals surface area contributed by atoms with Crippen molar-refractivity contribution < 1.29 is 14.3 Å². The number of ether oxygens (including phenoxy) is 2. The van der Waals surface area contributed by atoms with Crippen molar-refractivity contribution in [2.75, 3.05) is 26.3 Å². The molecule has 0 bridgehead atoms. The Morgan fingerprint density at radius 1 is 1.30 bits per heavy atom. The minimum atomic E-state index is -0.147. The summed E-state index contributed by atoms with van der Waals surface area (Å²) in [6.07, 6.45) is 1.53. The molecule has 0 saturated heterocycles. The standard InChI is InChI=1S/C13H16N4O3/c14-17-16-6-2-1-5-15-13(18)10-3-4-11-12(9-10)20-8-7-19-11/h3-4,9H,1-2,5-8H2,(H,15,18). The lowest BCUT2D eigenvalue weighted by Crippen LogP contribution is -2.25. The van der Waals surface area contributed by atoms with Crippen LogP contribution in [0.15, 0.2) is 23.3 Å². The van der Waals surface area contributed by atoms with E-state index in [0.717, 1.165) is 12.8 Å². The Kier molecular flexibility index (Phi) is 5.08. The average Bonchev–Trinajstić information content (AvgIpc) is 2.50. The fraction of sp³-hybridized carbons (Fsp3) is 0.462. The lowest BCUT2D eigenvalue weighted by atomic mass is 10.1. The number of carbonyl (C=O) groups excluding carboxylic acids is 1. The van der Waals surface area contributed by atoms with Crippen LogP contribution in [0, 0.1) is 0 Å². The summed E-state index contributed by atoms with van der Waals surface area (Å²) in [6, 6.07) is 5.14. The zero-order valence-electron chi connectivity index (χ0n) is 11.0. The first-order chi connectivity index (χ1) is 9.81. The number of unbranched alkanes of at least 4 members (excludes halogenated alkanes) is 1. The fourth-order valence-electron chi connectivity index (χ4n) is 1.84. The van der Waals surface area contributed by atoms with Crippen molar-refractivity contribution in [1.29, 1.82) is 0 Å². The fourth-order valence-corrected chi connectivity index (χ4v) is 1.84. The van der Waals surface area contributed by atoms with Gasteiger partial charge in [0.25, 0.3) is 5.91 Å². The lowest BCUT2D eigenvalue weighted by Gasteiger charge is -2.18. The quantitative estimate of drug-likeness (QED) is 0.373. The van der Waals surface area contributed by atoms with E-state index in [1.807, 2.05) is 0 Å². The second-order valence-electron chi connectivity index (χ2n) is 4.28. The zero-order valence-corrected chi connectivity index (χ0v) is 11.0. The van der Waals surface area contributed by atoms with E-state index in [1.54, 1.807) is 18.2 Å². The third kappa shape index (κ3) is 3.80. The van der Waals surface area contributed by atoms with Gasteiger partial charge in [-0.15, -0.1) is 0 Å². The van der Waals surface area contributed by atoms with Gasteiger partial charge in [0.1, 0.15) is 13.2 Å². The summed E-state index contributed by atoms with van der Waals surface area (Å²) in [5, 5.41) is 6.24. The Morgan fingerprint density at radius 2 is 2.10 bits per heavy atom. The Bertz CT molecular complexity index is 526. The van der Waals surface area contributed by atoms with Gasteiger partial charge < -0.3 is 14.8 Å². The van der Waals surface area contributed by atoms with E-state index in [2.05, 4.69) is 15.3 Å². The van der Waals surface area contributed by atoms with Gasteiger partial charge in [-0.1, -0.05) is 5.11 Å². The normalized spacial score (nSPS) is 12.4. The lowest BCUT2D eigenvalue weighted by molar-refractivity contribution is 0.0952. The van der Waals surface area contributed by atoms with E-state index >= 15 is 0 Å². The Hall–Kier alpha value is -2.40. The summed E-state index contributed by atoms with van der Waals surface area (Å²) < 4.78 is 10.8. The maximum absolute atomic E-state index is 11.9. The summed E-state index contributed by atoms with van der Waals surface area (Å²) in [4.78, 5) is 14.6. The van der Waals surface area contributed by atoms with Crippen LogP contribution in [0.5, 0.6) is 11.5 Å². The van der Waals surface area contributed by atoms with Crippen molar-refractivity contribution in [1.82, 2.24) is 5.32 Å². The molecule has 7 heteroatoms. The number of hydrogen-bond acceptors (Lipinski definition) is 4. The molecule has 20 heavy (non-hydrogen) atoms. The molecule has 1 aromatic rings. The average molecular weight is 276 g/mol. The number of hydrogen-bond donors (Lipinski definition) is 1. The first kappa shape index (κ1) is 14.0. The molecule has 0 aromatic heterocycles. The van der Waals surface area contributed by atoms with E-state index in [1.165, 1.54) is 0 Å². The van der Waals surface area contributed by atoms with E-state index in [4.69, 9.17) is 15.0 Å². The number of azide groups is 1. The van der Waals surface area contributed by atoms with E-state index in [0.29, 0.717) is 43.4 Å². The molecule has 1 aromatic carbocycles. The maximum Gasteiger partial charge on any atom is 0.251 e. The number of benzene rings is 1. The number of nitrogens with one attached hydrogen (secondary N) is 1. The predicted octanol–water partition coefficient (Wildman–Crippen LogP) is 2.28. The Morgan fingerprint density at radius 3 is 2.90 bits per heavy atom. The second kappa shape index (κ2) is 7.25. The van der Waals surface area contributed by atoms with Crippen LogP contribution < -0.4 is 14.8 Å². The smallest absolute Gasteiger partial charge is 0.251 e. The van der Waals surface area contributed by atoms with E-state index in [-0.39, 0.29) is 5.91 Å². The number of carbonyl (C=O) groups is 1. The largest absolute Gasteiger partial charge is 0.486 e. The molecule has 1 aliphatic heterocycles. The molecule has 0 radical (unpaired) electrons. The predicted molar refractivity (Wildman–Crippen MR) is 73.0 cm³/mol. The molecular weight excluding hydrogens is 260 g/mol. The summed E-state index contributed by atoms with van der Waals surface area (Å²) in [5.74, 6) is 1.13. The van der Waals surface area contributed by atoms with Gasteiger partial charge in [0.15, 0.2) is 11.5 Å². The molecule has 0 unspecified atom stereocenters. The first-order valence-corrected chi connectivity index (χ1v) is 6.50. The highest BCUT2D eigenvalue weighted by atomic mass is 16.6. The Balaban J connectivity index is 1.81. The van der Waals surface area contributed by atoms with Crippen LogP contribution >= 0.6 is 0 Å². The topological polar surface area (TPSA) is 96.3 Å². The second-order valence-corrected chi connectivity index (χ2v) is 4.28. The van der Waals surface area contributed by atoms with Gasteiger partial charge in [0.2, 0.25) is 0 Å². The van der Waals surface area contributed by atoms with Crippen molar-refractivity contribution in [3.05, 3.63) is 34.2 Å². The van der Waals surface area contributed by atoms with Gasteiger partial charge in [-0.25, -0.2) is 0 Å². The summed E-state index contributed by atoms with van der Waals surface area (Å²) >= 11 is 0. The number of amides is 1. The van der Waals surface area contributed by atoms with E-state index < -0.39 is 0 Å². The molecule has 7 nitrogen and oxygen atoms in total. The zero-order chi connectivity index (χ0) is 14.2. The molecule has 106 valence electrons. The monoisotopic (exact) mass is 276 g/mol. The molecule has 0 aliphatic carbocycles. The molecule has 1 N–H and O–H groups in total. The first-order valence-electron chi connectivity index (χ1n) is 6.50. The van der Waals surface area contributed by atoms with Crippen LogP contribution in [0.2, 0.25) is 0 Å². The third-order valence-electron chi connectivity index (χ3n) is 2.84. The molecule has 1 aliphatic rings. The maximum atomic E-state index is 11.9. The molecule has 0 spiro atoms. The minimum Gasteiger partial charge on any atom is -0.486 e. The number of fused-ring (bicyclic) bond motifs is 1.